The highest BCUT2D eigenvalue weighted by molar-refractivity contribution is 5.82. The number of hydrogen-bond donors (Lipinski definition) is 1. The summed E-state index contributed by atoms with van der Waals surface area (Å²) in [6, 6.07) is 9.73. The molecular formula is C14H18O2. The summed E-state index contributed by atoms with van der Waals surface area (Å²) in [6.45, 7) is 2.09. The molecule has 2 nitrogen and oxygen atoms in total. The van der Waals surface area contributed by atoms with Gasteiger partial charge < -0.3 is 5.11 Å². The van der Waals surface area contributed by atoms with Crippen LogP contribution in [0.4, 0.5) is 0 Å². The van der Waals surface area contributed by atoms with E-state index in [2.05, 4.69) is 6.92 Å². The average molecular weight is 218 g/mol. The number of rotatable bonds is 3. The summed E-state index contributed by atoms with van der Waals surface area (Å²) in [4.78, 5) is 11.7. The lowest BCUT2D eigenvalue weighted by Gasteiger charge is -2.31. The van der Waals surface area contributed by atoms with E-state index in [0.717, 1.165) is 31.2 Å². The molecule has 1 N–H and O–H groups in total. The third-order valence-corrected chi connectivity index (χ3v) is 3.98. The molecule has 0 saturated heterocycles. The van der Waals surface area contributed by atoms with Gasteiger partial charge in [0, 0.05) is 0 Å². The summed E-state index contributed by atoms with van der Waals surface area (Å²) >= 11 is 0. The molecule has 0 bridgehead atoms. The number of hydrogen-bond acceptors (Lipinski definition) is 1. The summed E-state index contributed by atoms with van der Waals surface area (Å²) < 4.78 is 0. The Balaban J connectivity index is 2.48. The molecule has 1 fully saturated rings. The highest BCUT2D eigenvalue weighted by atomic mass is 16.4. The first-order chi connectivity index (χ1) is 7.71. The number of carboxylic acid groups (broad SMARTS) is 1. The van der Waals surface area contributed by atoms with Crippen molar-refractivity contribution in [3.63, 3.8) is 0 Å². The second kappa shape index (κ2) is 4.28. The van der Waals surface area contributed by atoms with Crippen molar-refractivity contribution in [2.45, 2.75) is 38.0 Å². The Morgan fingerprint density at radius 3 is 2.69 bits per heavy atom. The second-order valence-electron chi connectivity index (χ2n) is 4.64. The van der Waals surface area contributed by atoms with Crippen LogP contribution in [-0.2, 0) is 10.2 Å². The Hall–Kier alpha value is -1.31. The second-order valence-corrected chi connectivity index (χ2v) is 4.64. The molecule has 0 spiro atoms. The first kappa shape index (κ1) is 11.2. The maximum absolute atomic E-state index is 11.7. The van der Waals surface area contributed by atoms with Gasteiger partial charge in [0.1, 0.15) is 0 Å². The zero-order valence-corrected chi connectivity index (χ0v) is 9.65. The van der Waals surface area contributed by atoms with Gasteiger partial charge >= 0.3 is 5.97 Å². The standard InChI is InChI=1S/C14H18O2/c1-2-11-9-6-10-14(11,13(15)16)12-7-4-3-5-8-12/h3-5,7-8,11H,2,6,9-10H2,1H3,(H,15,16). The van der Waals surface area contributed by atoms with E-state index in [1.54, 1.807) is 0 Å². The zero-order valence-electron chi connectivity index (χ0n) is 9.65. The molecule has 0 radical (unpaired) electrons. The summed E-state index contributed by atoms with van der Waals surface area (Å²) in [7, 11) is 0. The SMILES string of the molecule is CCC1CCCC1(C(=O)O)c1ccccc1. The van der Waals surface area contributed by atoms with E-state index in [-0.39, 0.29) is 5.92 Å². The fraction of sp³-hybridized carbons (Fsp3) is 0.500. The minimum absolute atomic E-state index is 0.285. The molecule has 0 amide bonds. The van der Waals surface area contributed by atoms with E-state index < -0.39 is 11.4 Å². The molecule has 1 aliphatic carbocycles. The van der Waals surface area contributed by atoms with Crippen LogP contribution in [-0.4, -0.2) is 11.1 Å². The van der Waals surface area contributed by atoms with Crippen molar-refractivity contribution >= 4 is 5.97 Å². The molecule has 2 rings (SSSR count). The van der Waals surface area contributed by atoms with Crippen LogP contribution in [0.1, 0.15) is 38.2 Å². The molecule has 1 saturated carbocycles. The summed E-state index contributed by atoms with van der Waals surface area (Å²) in [5.74, 6) is -0.365. The minimum Gasteiger partial charge on any atom is -0.481 e. The highest BCUT2D eigenvalue weighted by Gasteiger charge is 2.49. The predicted octanol–water partition coefficient (Wildman–Crippen LogP) is 3.22. The van der Waals surface area contributed by atoms with Gasteiger partial charge in [0.25, 0.3) is 0 Å². The van der Waals surface area contributed by atoms with Crippen molar-refractivity contribution in [2.24, 2.45) is 5.92 Å². The minimum atomic E-state index is -0.650. The van der Waals surface area contributed by atoms with Crippen molar-refractivity contribution in [2.75, 3.05) is 0 Å². The molecule has 1 aromatic rings. The molecule has 0 heterocycles. The van der Waals surface area contributed by atoms with Gasteiger partial charge in [-0.25, -0.2) is 0 Å². The van der Waals surface area contributed by atoms with Crippen LogP contribution in [0.2, 0.25) is 0 Å². The van der Waals surface area contributed by atoms with Crippen LogP contribution in [0, 0.1) is 5.92 Å². The van der Waals surface area contributed by atoms with Gasteiger partial charge in [-0.3, -0.25) is 4.79 Å². The third-order valence-electron chi connectivity index (χ3n) is 3.98. The molecule has 2 atom stereocenters. The van der Waals surface area contributed by atoms with Gasteiger partial charge in [0.2, 0.25) is 0 Å². The smallest absolute Gasteiger partial charge is 0.314 e. The normalized spacial score (nSPS) is 29.2. The summed E-state index contributed by atoms with van der Waals surface area (Å²) in [6.07, 6.45) is 3.80. The Kier molecular flexibility index (Phi) is 2.99. The number of carbonyl (C=O) groups is 1. The summed E-state index contributed by atoms with van der Waals surface area (Å²) in [5.41, 5.74) is 0.350. The Bertz CT molecular complexity index is 372. The predicted molar refractivity (Wildman–Crippen MR) is 63.4 cm³/mol. The van der Waals surface area contributed by atoms with Crippen molar-refractivity contribution < 1.29 is 9.90 Å². The lowest BCUT2D eigenvalue weighted by Crippen LogP contribution is -2.39. The monoisotopic (exact) mass is 218 g/mol. The Morgan fingerprint density at radius 2 is 2.12 bits per heavy atom. The maximum atomic E-state index is 11.7. The van der Waals surface area contributed by atoms with E-state index >= 15 is 0 Å². The first-order valence-corrected chi connectivity index (χ1v) is 6.00. The first-order valence-electron chi connectivity index (χ1n) is 6.00. The zero-order chi connectivity index (χ0) is 11.6. The van der Waals surface area contributed by atoms with Gasteiger partial charge in [-0.15, -0.1) is 0 Å². The van der Waals surface area contributed by atoms with E-state index in [1.165, 1.54) is 0 Å². The van der Waals surface area contributed by atoms with Crippen LogP contribution < -0.4 is 0 Å². The number of carboxylic acids is 1. The lowest BCUT2D eigenvalue weighted by molar-refractivity contribution is -0.145. The van der Waals surface area contributed by atoms with E-state index in [1.807, 2.05) is 30.3 Å². The van der Waals surface area contributed by atoms with Crippen LogP contribution in [0.25, 0.3) is 0 Å². The van der Waals surface area contributed by atoms with E-state index in [4.69, 9.17) is 0 Å². The average Bonchev–Trinajstić information content (AvgIpc) is 2.74. The molecule has 2 heteroatoms. The third kappa shape index (κ3) is 1.53. The molecule has 1 aliphatic rings. The van der Waals surface area contributed by atoms with Crippen LogP contribution in [0.15, 0.2) is 30.3 Å². The molecule has 2 unspecified atom stereocenters. The van der Waals surface area contributed by atoms with Gasteiger partial charge in [0.15, 0.2) is 0 Å². The topological polar surface area (TPSA) is 37.3 Å². The number of benzene rings is 1. The molecule has 0 aliphatic heterocycles. The van der Waals surface area contributed by atoms with Crippen molar-refractivity contribution in [3.8, 4) is 0 Å². The fourth-order valence-electron chi connectivity index (χ4n) is 3.15. The van der Waals surface area contributed by atoms with E-state index in [9.17, 15) is 9.90 Å². The molecule has 0 aromatic heterocycles. The van der Waals surface area contributed by atoms with Crippen molar-refractivity contribution in [1.29, 1.82) is 0 Å². The number of aliphatic carboxylic acids is 1. The Labute approximate surface area is 96.3 Å². The quantitative estimate of drug-likeness (QED) is 0.845. The van der Waals surface area contributed by atoms with Crippen molar-refractivity contribution in [1.82, 2.24) is 0 Å². The van der Waals surface area contributed by atoms with Gasteiger partial charge in [-0.2, -0.15) is 0 Å². The maximum Gasteiger partial charge on any atom is 0.314 e. The van der Waals surface area contributed by atoms with Crippen LogP contribution in [0.5, 0.6) is 0 Å². The molecule has 16 heavy (non-hydrogen) atoms. The fourth-order valence-corrected chi connectivity index (χ4v) is 3.15. The Morgan fingerprint density at radius 1 is 1.44 bits per heavy atom. The highest BCUT2D eigenvalue weighted by Crippen LogP contribution is 2.47. The van der Waals surface area contributed by atoms with Crippen LogP contribution in [0.3, 0.4) is 0 Å². The molecular weight excluding hydrogens is 200 g/mol. The summed E-state index contributed by atoms with van der Waals surface area (Å²) in [5, 5.41) is 9.62. The van der Waals surface area contributed by atoms with Gasteiger partial charge in [-0.1, -0.05) is 50.1 Å². The largest absolute Gasteiger partial charge is 0.481 e. The van der Waals surface area contributed by atoms with Crippen molar-refractivity contribution in [3.05, 3.63) is 35.9 Å². The lowest BCUT2D eigenvalue weighted by atomic mass is 9.71. The van der Waals surface area contributed by atoms with E-state index in [0.29, 0.717) is 0 Å². The molecule has 86 valence electrons. The molecule has 1 aromatic carbocycles. The van der Waals surface area contributed by atoms with Gasteiger partial charge in [0.05, 0.1) is 5.41 Å². The van der Waals surface area contributed by atoms with Gasteiger partial charge in [-0.05, 0) is 24.3 Å². The van der Waals surface area contributed by atoms with Crippen LogP contribution >= 0.6 is 0 Å².